The molecule has 0 saturated heterocycles. The predicted molar refractivity (Wildman–Crippen MR) is 87.8 cm³/mol. The van der Waals surface area contributed by atoms with Crippen molar-refractivity contribution in [1.29, 1.82) is 0 Å². The van der Waals surface area contributed by atoms with Crippen molar-refractivity contribution in [3.63, 3.8) is 0 Å². The van der Waals surface area contributed by atoms with Gasteiger partial charge in [0.15, 0.2) is 0 Å². The van der Waals surface area contributed by atoms with Gasteiger partial charge in [0.2, 0.25) is 0 Å². The number of benzene rings is 2. The summed E-state index contributed by atoms with van der Waals surface area (Å²) in [6.07, 6.45) is -4.47. The van der Waals surface area contributed by atoms with Gasteiger partial charge in [-0.2, -0.15) is 13.2 Å². The molecule has 2 aromatic carbocycles. The van der Waals surface area contributed by atoms with Gasteiger partial charge in [0, 0.05) is 18.3 Å². The first-order chi connectivity index (χ1) is 12.1. The average Bonchev–Trinajstić information content (AvgIpc) is 2.60. The van der Waals surface area contributed by atoms with Crippen LogP contribution >= 0.6 is 0 Å². The highest BCUT2D eigenvalue weighted by atomic mass is 32.2. The highest BCUT2D eigenvalue weighted by molar-refractivity contribution is 7.89. The molecule has 2 aromatic rings. The number of hydrogen-bond donors (Lipinski definition) is 1. The van der Waals surface area contributed by atoms with Crippen LogP contribution in [0.1, 0.15) is 15.9 Å². The molecule has 0 saturated carbocycles. The summed E-state index contributed by atoms with van der Waals surface area (Å²) in [5.41, 5.74) is -0.674. The van der Waals surface area contributed by atoms with E-state index < -0.39 is 27.7 Å². The average molecular weight is 388 g/mol. The molecule has 1 amide bonds. The van der Waals surface area contributed by atoms with E-state index in [2.05, 4.69) is 10.2 Å². The van der Waals surface area contributed by atoms with Gasteiger partial charge in [0.05, 0.1) is 17.6 Å². The van der Waals surface area contributed by atoms with E-state index in [-0.39, 0.29) is 16.1 Å². The minimum atomic E-state index is -4.47. The first-order valence-electron chi connectivity index (χ1n) is 7.17. The molecule has 0 aliphatic carbocycles. The quantitative estimate of drug-likeness (QED) is 0.799. The molecule has 0 aliphatic rings. The lowest BCUT2D eigenvalue weighted by Crippen LogP contribution is -2.26. The maximum atomic E-state index is 12.5. The van der Waals surface area contributed by atoms with Crippen LogP contribution in [0.2, 0.25) is 0 Å². The van der Waals surface area contributed by atoms with Crippen molar-refractivity contribution >= 4 is 21.6 Å². The molecule has 0 bridgehead atoms. The van der Waals surface area contributed by atoms with Crippen LogP contribution in [-0.4, -0.2) is 33.0 Å². The minimum absolute atomic E-state index is 0.0236. The first-order valence-corrected chi connectivity index (χ1v) is 8.61. The van der Waals surface area contributed by atoms with Crippen molar-refractivity contribution in [2.24, 2.45) is 0 Å². The molecule has 140 valence electrons. The number of nitrogens with one attached hydrogen (secondary N) is 1. The van der Waals surface area contributed by atoms with E-state index in [1.807, 2.05) is 0 Å². The molecule has 1 N–H and O–H groups in total. The summed E-state index contributed by atoms with van der Waals surface area (Å²) in [5, 5.41) is 2.41. The van der Waals surface area contributed by atoms with Crippen LogP contribution in [0.25, 0.3) is 0 Å². The SMILES string of the molecule is CON(C)S(=O)(=O)c1cccc(C(=O)Nc2ccc(C(F)(F)F)cc2)c1. The Kier molecular flexibility index (Phi) is 5.69. The van der Waals surface area contributed by atoms with Gasteiger partial charge in [-0.15, -0.1) is 0 Å². The Morgan fingerprint density at radius 1 is 1.12 bits per heavy atom. The number of nitrogens with zero attached hydrogens (tertiary/aromatic N) is 1. The van der Waals surface area contributed by atoms with E-state index in [9.17, 15) is 26.4 Å². The second-order valence-corrected chi connectivity index (χ2v) is 7.09. The summed E-state index contributed by atoms with van der Waals surface area (Å²) >= 11 is 0. The molecular formula is C16H15F3N2O4S. The third-order valence-corrected chi connectivity index (χ3v) is 5.14. The highest BCUT2D eigenvalue weighted by Gasteiger charge is 2.30. The highest BCUT2D eigenvalue weighted by Crippen LogP contribution is 2.29. The number of hydrogen-bond acceptors (Lipinski definition) is 4. The van der Waals surface area contributed by atoms with Crippen LogP contribution in [0.15, 0.2) is 53.4 Å². The van der Waals surface area contributed by atoms with Crippen LogP contribution in [0, 0.1) is 0 Å². The lowest BCUT2D eigenvalue weighted by Gasteiger charge is -2.14. The first kappa shape index (κ1) is 19.9. The molecule has 0 atom stereocenters. The zero-order chi connectivity index (χ0) is 19.5. The summed E-state index contributed by atoms with van der Waals surface area (Å²) in [4.78, 5) is 16.7. The van der Waals surface area contributed by atoms with Gasteiger partial charge < -0.3 is 5.32 Å². The largest absolute Gasteiger partial charge is 0.416 e. The Morgan fingerprint density at radius 2 is 1.73 bits per heavy atom. The second kappa shape index (κ2) is 7.44. The third kappa shape index (κ3) is 4.40. The zero-order valence-electron chi connectivity index (χ0n) is 13.7. The smallest absolute Gasteiger partial charge is 0.322 e. The Morgan fingerprint density at radius 3 is 2.27 bits per heavy atom. The fourth-order valence-corrected chi connectivity index (χ4v) is 3.01. The van der Waals surface area contributed by atoms with Crippen molar-refractivity contribution in [3.8, 4) is 0 Å². The standard InChI is InChI=1S/C16H15F3N2O4S/c1-21(25-2)26(23,24)14-5-3-4-11(10-14)15(22)20-13-8-6-12(7-9-13)16(17,18)19/h3-10H,1-2H3,(H,20,22). The van der Waals surface area contributed by atoms with Crippen molar-refractivity contribution < 1.29 is 31.2 Å². The van der Waals surface area contributed by atoms with Crippen LogP contribution in [0.5, 0.6) is 0 Å². The molecule has 0 aromatic heterocycles. The van der Waals surface area contributed by atoms with Crippen LogP contribution in [0.3, 0.4) is 0 Å². The van der Waals surface area contributed by atoms with Gasteiger partial charge in [-0.3, -0.25) is 9.63 Å². The minimum Gasteiger partial charge on any atom is -0.322 e. The van der Waals surface area contributed by atoms with Crippen molar-refractivity contribution in [3.05, 3.63) is 59.7 Å². The number of amides is 1. The number of alkyl halides is 3. The number of hydroxylamine groups is 1. The molecule has 0 aliphatic heterocycles. The van der Waals surface area contributed by atoms with Crippen LogP contribution < -0.4 is 5.32 Å². The molecular weight excluding hydrogens is 373 g/mol. The Bertz CT molecular complexity index is 896. The van der Waals surface area contributed by atoms with Crippen molar-refractivity contribution in [2.75, 3.05) is 19.5 Å². The maximum absolute atomic E-state index is 12.5. The number of anilines is 1. The number of sulfonamides is 1. The molecule has 6 nitrogen and oxygen atoms in total. The molecule has 0 radical (unpaired) electrons. The summed E-state index contributed by atoms with van der Waals surface area (Å²) < 4.78 is 62.6. The van der Waals surface area contributed by atoms with E-state index in [1.165, 1.54) is 32.4 Å². The van der Waals surface area contributed by atoms with Gasteiger partial charge in [-0.25, -0.2) is 8.42 Å². The van der Waals surface area contributed by atoms with Crippen LogP contribution in [0.4, 0.5) is 18.9 Å². The fraction of sp³-hybridized carbons (Fsp3) is 0.188. The molecule has 0 fully saturated rings. The number of rotatable bonds is 5. The molecule has 10 heteroatoms. The Labute approximate surface area is 148 Å². The third-order valence-electron chi connectivity index (χ3n) is 3.46. The zero-order valence-corrected chi connectivity index (χ0v) is 14.6. The van der Waals surface area contributed by atoms with Gasteiger partial charge in [-0.05, 0) is 42.5 Å². The predicted octanol–water partition coefficient (Wildman–Crippen LogP) is 3.14. The van der Waals surface area contributed by atoms with Crippen molar-refractivity contribution in [1.82, 2.24) is 4.47 Å². The molecule has 0 heterocycles. The molecule has 0 unspecified atom stereocenters. The number of halogens is 3. The number of carbonyl (C=O) groups is 1. The van der Waals surface area contributed by atoms with Crippen molar-refractivity contribution in [2.45, 2.75) is 11.1 Å². The Hall–Kier alpha value is -2.43. The maximum Gasteiger partial charge on any atom is 0.416 e. The lowest BCUT2D eigenvalue weighted by atomic mass is 10.2. The van der Waals surface area contributed by atoms with Crippen LogP contribution in [-0.2, 0) is 21.0 Å². The normalized spacial score (nSPS) is 12.2. The van der Waals surface area contributed by atoms with E-state index in [4.69, 9.17) is 0 Å². The van der Waals surface area contributed by atoms with E-state index >= 15 is 0 Å². The second-order valence-electron chi connectivity index (χ2n) is 5.15. The molecule has 2 rings (SSSR count). The summed E-state index contributed by atoms with van der Waals surface area (Å²) in [5.74, 6) is -0.665. The summed E-state index contributed by atoms with van der Waals surface area (Å²) in [6.45, 7) is 0. The number of carbonyl (C=O) groups excluding carboxylic acids is 1. The fourth-order valence-electron chi connectivity index (χ4n) is 1.99. The van der Waals surface area contributed by atoms with E-state index in [0.29, 0.717) is 4.47 Å². The lowest BCUT2D eigenvalue weighted by molar-refractivity contribution is -0.137. The summed E-state index contributed by atoms with van der Waals surface area (Å²) in [6, 6.07) is 9.08. The molecule has 26 heavy (non-hydrogen) atoms. The van der Waals surface area contributed by atoms with E-state index in [1.54, 1.807) is 0 Å². The molecule has 0 spiro atoms. The van der Waals surface area contributed by atoms with Gasteiger partial charge in [0.25, 0.3) is 15.9 Å². The van der Waals surface area contributed by atoms with E-state index in [0.717, 1.165) is 30.3 Å². The summed E-state index contributed by atoms with van der Waals surface area (Å²) in [7, 11) is -1.56. The monoisotopic (exact) mass is 388 g/mol. The van der Waals surface area contributed by atoms with Gasteiger partial charge in [0.1, 0.15) is 0 Å². The van der Waals surface area contributed by atoms with Gasteiger partial charge in [-0.1, -0.05) is 10.5 Å². The van der Waals surface area contributed by atoms with Gasteiger partial charge >= 0.3 is 6.18 Å². The Balaban J connectivity index is 2.22. The topological polar surface area (TPSA) is 75.7 Å².